The van der Waals surface area contributed by atoms with E-state index in [1.807, 2.05) is 30.3 Å². The smallest absolute Gasteiger partial charge is 0.240 e. The third-order valence-corrected chi connectivity index (χ3v) is 6.71. The van der Waals surface area contributed by atoms with Gasteiger partial charge >= 0.3 is 0 Å². The standard InChI is InChI=1S/C21H27NO3S/c1-17(2)18-8-10-20(11-9-18)26(23,24)22-16-21(12-14-25-15-13-21)19-6-4-3-5-7-19/h3-11,17,22H,12-16H2,1-2H3. The van der Waals surface area contributed by atoms with Crippen LogP contribution in [-0.2, 0) is 20.2 Å². The Morgan fingerprint density at radius 1 is 1.00 bits per heavy atom. The molecule has 0 radical (unpaired) electrons. The van der Waals surface area contributed by atoms with E-state index in [4.69, 9.17) is 4.74 Å². The molecule has 1 N–H and O–H groups in total. The van der Waals surface area contributed by atoms with Gasteiger partial charge in [-0.2, -0.15) is 0 Å². The van der Waals surface area contributed by atoms with E-state index in [1.165, 1.54) is 5.56 Å². The minimum atomic E-state index is -3.54. The average molecular weight is 374 g/mol. The van der Waals surface area contributed by atoms with Crippen molar-refractivity contribution in [2.75, 3.05) is 19.8 Å². The van der Waals surface area contributed by atoms with Crippen LogP contribution in [0.3, 0.4) is 0 Å². The maximum atomic E-state index is 12.8. The molecule has 0 amide bonds. The summed E-state index contributed by atoms with van der Waals surface area (Å²) < 4.78 is 33.9. The number of nitrogens with one attached hydrogen (secondary N) is 1. The summed E-state index contributed by atoms with van der Waals surface area (Å²) >= 11 is 0. The molecule has 1 aliphatic rings. The Kier molecular flexibility index (Phi) is 5.80. The lowest BCUT2D eigenvalue weighted by Crippen LogP contribution is -2.44. The first-order chi connectivity index (χ1) is 12.4. The van der Waals surface area contributed by atoms with Crippen molar-refractivity contribution in [1.82, 2.24) is 4.72 Å². The molecule has 0 aliphatic carbocycles. The van der Waals surface area contributed by atoms with Crippen molar-refractivity contribution in [3.8, 4) is 0 Å². The minimum absolute atomic E-state index is 0.218. The van der Waals surface area contributed by atoms with Crippen molar-refractivity contribution in [2.24, 2.45) is 0 Å². The second-order valence-electron chi connectivity index (χ2n) is 7.31. The Bertz CT molecular complexity index is 808. The van der Waals surface area contributed by atoms with Gasteiger partial charge in [0.2, 0.25) is 10.0 Å². The molecule has 2 aromatic rings. The molecule has 3 rings (SSSR count). The number of ether oxygens (including phenoxy) is 1. The average Bonchev–Trinajstić information content (AvgIpc) is 2.68. The highest BCUT2D eigenvalue weighted by molar-refractivity contribution is 7.89. The normalized spacial score (nSPS) is 17.3. The molecule has 1 aliphatic heterocycles. The first-order valence-corrected chi connectivity index (χ1v) is 10.6. The molecule has 140 valence electrons. The predicted octanol–water partition coefficient (Wildman–Crippen LogP) is 3.84. The quantitative estimate of drug-likeness (QED) is 0.837. The SMILES string of the molecule is CC(C)c1ccc(S(=O)(=O)NCC2(c3ccccc3)CCOCC2)cc1. The lowest BCUT2D eigenvalue weighted by atomic mass is 9.74. The number of rotatable bonds is 6. The number of hydrogen-bond acceptors (Lipinski definition) is 3. The van der Waals surface area contributed by atoms with E-state index in [-0.39, 0.29) is 5.41 Å². The fraction of sp³-hybridized carbons (Fsp3) is 0.429. The molecule has 5 heteroatoms. The number of benzene rings is 2. The predicted molar refractivity (Wildman–Crippen MR) is 104 cm³/mol. The monoisotopic (exact) mass is 373 g/mol. The topological polar surface area (TPSA) is 55.4 Å². The zero-order valence-corrected chi connectivity index (χ0v) is 16.3. The summed E-state index contributed by atoms with van der Waals surface area (Å²) in [6.07, 6.45) is 1.62. The molecule has 26 heavy (non-hydrogen) atoms. The minimum Gasteiger partial charge on any atom is -0.381 e. The highest BCUT2D eigenvalue weighted by Crippen LogP contribution is 2.34. The highest BCUT2D eigenvalue weighted by atomic mass is 32.2. The Morgan fingerprint density at radius 2 is 1.62 bits per heavy atom. The number of hydrogen-bond donors (Lipinski definition) is 1. The van der Waals surface area contributed by atoms with Gasteiger partial charge in [-0.15, -0.1) is 0 Å². The summed E-state index contributed by atoms with van der Waals surface area (Å²) in [7, 11) is -3.54. The Hall–Kier alpha value is -1.69. The summed E-state index contributed by atoms with van der Waals surface area (Å²) in [5.41, 5.74) is 2.08. The van der Waals surface area contributed by atoms with Crippen LogP contribution in [0.1, 0.15) is 43.7 Å². The van der Waals surface area contributed by atoms with Crippen molar-refractivity contribution in [2.45, 2.75) is 42.9 Å². The van der Waals surface area contributed by atoms with Gasteiger partial charge < -0.3 is 4.74 Å². The van der Waals surface area contributed by atoms with Crippen molar-refractivity contribution >= 4 is 10.0 Å². The van der Waals surface area contributed by atoms with Crippen LogP contribution in [0.25, 0.3) is 0 Å². The molecule has 0 saturated carbocycles. The third-order valence-electron chi connectivity index (χ3n) is 5.29. The third kappa shape index (κ3) is 4.17. The summed E-state index contributed by atoms with van der Waals surface area (Å²) in [6, 6.07) is 17.3. The van der Waals surface area contributed by atoms with Gasteiger partial charge in [-0.1, -0.05) is 56.3 Å². The molecule has 0 bridgehead atoms. The van der Waals surface area contributed by atoms with Gasteiger partial charge in [0.25, 0.3) is 0 Å². The van der Waals surface area contributed by atoms with Crippen LogP contribution >= 0.6 is 0 Å². The Morgan fingerprint density at radius 3 is 2.19 bits per heavy atom. The van der Waals surface area contributed by atoms with Crippen LogP contribution in [0.15, 0.2) is 59.5 Å². The zero-order valence-electron chi connectivity index (χ0n) is 15.4. The van der Waals surface area contributed by atoms with Crippen LogP contribution in [-0.4, -0.2) is 28.2 Å². The summed E-state index contributed by atoms with van der Waals surface area (Å²) in [4.78, 5) is 0.317. The molecule has 4 nitrogen and oxygen atoms in total. The van der Waals surface area contributed by atoms with E-state index in [9.17, 15) is 8.42 Å². The van der Waals surface area contributed by atoms with Crippen molar-refractivity contribution < 1.29 is 13.2 Å². The summed E-state index contributed by atoms with van der Waals surface area (Å²) in [5, 5.41) is 0. The molecule has 2 aromatic carbocycles. The molecule has 1 fully saturated rings. The molecule has 1 heterocycles. The first kappa shape index (κ1) is 19.1. The molecule has 0 atom stereocenters. The summed E-state index contributed by atoms with van der Waals surface area (Å²) in [6.45, 7) is 5.88. The van der Waals surface area contributed by atoms with E-state index >= 15 is 0 Å². The van der Waals surface area contributed by atoms with E-state index in [1.54, 1.807) is 12.1 Å². The van der Waals surface area contributed by atoms with Gasteiger partial charge in [-0.3, -0.25) is 0 Å². The van der Waals surface area contributed by atoms with Crippen LogP contribution in [0.5, 0.6) is 0 Å². The van der Waals surface area contributed by atoms with Crippen molar-refractivity contribution in [3.05, 3.63) is 65.7 Å². The number of sulfonamides is 1. The van der Waals surface area contributed by atoms with E-state index < -0.39 is 10.0 Å². The lowest BCUT2D eigenvalue weighted by molar-refractivity contribution is 0.0517. The summed E-state index contributed by atoms with van der Waals surface area (Å²) in [5.74, 6) is 0.378. The Balaban J connectivity index is 1.80. The molecule has 0 spiro atoms. The largest absolute Gasteiger partial charge is 0.381 e. The van der Waals surface area contributed by atoms with Gasteiger partial charge in [0.05, 0.1) is 4.90 Å². The van der Waals surface area contributed by atoms with E-state index in [0.717, 1.165) is 18.4 Å². The van der Waals surface area contributed by atoms with Gasteiger partial charge in [-0.05, 0) is 42.0 Å². The maximum Gasteiger partial charge on any atom is 0.240 e. The van der Waals surface area contributed by atoms with Gasteiger partial charge in [0.1, 0.15) is 0 Å². The molecule has 0 aromatic heterocycles. The van der Waals surface area contributed by atoms with Crippen molar-refractivity contribution in [3.63, 3.8) is 0 Å². The van der Waals surface area contributed by atoms with E-state index in [0.29, 0.717) is 30.6 Å². The van der Waals surface area contributed by atoms with Crippen LogP contribution in [0, 0.1) is 0 Å². The molecular weight excluding hydrogens is 346 g/mol. The van der Waals surface area contributed by atoms with Crippen molar-refractivity contribution in [1.29, 1.82) is 0 Å². The zero-order chi connectivity index (χ0) is 18.6. The van der Waals surface area contributed by atoms with Gasteiger partial charge in [0, 0.05) is 25.2 Å². The molecular formula is C21H27NO3S. The van der Waals surface area contributed by atoms with Crippen LogP contribution in [0.2, 0.25) is 0 Å². The second kappa shape index (κ2) is 7.91. The lowest BCUT2D eigenvalue weighted by Gasteiger charge is -2.37. The molecule has 0 unspecified atom stereocenters. The fourth-order valence-electron chi connectivity index (χ4n) is 3.47. The van der Waals surface area contributed by atoms with Crippen LogP contribution < -0.4 is 4.72 Å². The molecule has 1 saturated heterocycles. The van der Waals surface area contributed by atoms with E-state index in [2.05, 4.69) is 30.7 Å². The fourth-order valence-corrected chi connectivity index (χ4v) is 4.60. The van der Waals surface area contributed by atoms with Gasteiger partial charge in [-0.25, -0.2) is 13.1 Å². The second-order valence-corrected chi connectivity index (χ2v) is 9.07. The highest BCUT2D eigenvalue weighted by Gasteiger charge is 2.35. The van der Waals surface area contributed by atoms with Crippen LogP contribution in [0.4, 0.5) is 0 Å². The van der Waals surface area contributed by atoms with Gasteiger partial charge in [0.15, 0.2) is 0 Å². The maximum absolute atomic E-state index is 12.8. The first-order valence-electron chi connectivity index (χ1n) is 9.16. The Labute approximate surface area is 156 Å².